The van der Waals surface area contributed by atoms with Gasteiger partial charge in [-0.05, 0) is 0 Å². The second kappa shape index (κ2) is 5.61. The monoisotopic (exact) mass is 290 g/mol. The first-order valence-electron chi connectivity index (χ1n) is 5.30. The van der Waals surface area contributed by atoms with E-state index in [4.69, 9.17) is 0 Å². The fourth-order valence-electron chi connectivity index (χ4n) is 1.60. The summed E-state index contributed by atoms with van der Waals surface area (Å²) in [5.41, 5.74) is 5.88. The van der Waals surface area contributed by atoms with Gasteiger partial charge in [0, 0.05) is 0 Å². The van der Waals surface area contributed by atoms with Gasteiger partial charge in [0.15, 0.2) is 0 Å². The first-order valence-corrected chi connectivity index (χ1v) is 7.17. The van der Waals surface area contributed by atoms with Gasteiger partial charge in [0.25, 0.3) is 0 Å². The van der Waals surface area contributed by atoms with Crippen molar-refractivity contribution in [1.29, 1.82) is 0 Å². The Morgan fingerprint density at radius 1 is 1.27 bits per heavy atom. The van der Waals surface area contributed by atoms with E-state index in [1.165, 1.54) is 23.1 Å². The molecule has 0 aromatic carbocycles. The second-order valence-electron chi connectivity index (χ2n) is 4.34. The van der Waals surface area contributed by atoms with E-state index in [-0.39, 0.29) is 17.1 Å². The Balaban J connectivity index is 2.69. The number of hydrogen-bond donors (Lipinski definition) is 0. The van der Waals surface area contributed by atoms with Crippen molar-refractivity contribution in [2.24, 2.45) is 0 Å². The average molecular weight is 289 g/mol. The molecule has 1 aliphatic carbocycles. The van der Waals surface area contributed by atoms with Gasteiger partial charge >= 0.3 is 101 Å². The predicted octanol–water partition coefficient (Wildman–Crippen LogP) is 4.56. The van der Waals surface area contributed by atoms with Crippen LogP contribution in [0.15, 0.2) is 43.3 Å². The van der Waals surface area contributed by atoms with E-state index in [9.17, 15) is 0 Å². The van der Waals surface area contributed by atoms with Crippen LogP contribution in [0.5, 0.6) is 0 Å². The van der Waals surface area contributed by atoms with Gasteiger partial charge in [0.2, 0.25) is 0 Å². The summed E-state index contributed by atoms with van der Waals surface area (Å²) in [5.74, 6) is 0. The summed E-state index contributed by atoms with van der Waals surface area (Å²) >= 11 is 0.258. The summed E-state index contributed by atoms with van der Waals surface area (Å²) in [7, 11) is 0. The van der Waals surface area contributed by atoms with Crippen molar-refractivity contribution in [3.05, 3.63) is 43.3 Å². The molecule has 0 radical (unpaired) electrons. The van der Waals surface area contributed by atoms with Crippen LogP contribution in [0.3, 0.4) is 0 Å². The molecule has 1 heteroatoms. The molecular weight excluding hydrogens is 269 g/mol. The first-order chi connectivity index (χ1) is 7.00. The normalized spacial score (nSPS) is 17.1. The topological polar surface area (TPSA) is 0 Å². The molecule has 15 heavy (non-hydrogen) atoms. The summed E-state index contributed by atoms with van der Waals surface area (Å²) in [6, 6.07) is 0. The quantitative estimate of drug-likeness (QED) is 0.527. The van der Waals surface area contributed by atoms with E-state index >= 15 is 0 Å². The molecule has 0 bridgehead atoms. The van der Waals surface area contributed by atoms with Crippen LogP contribution >= 0.6 is 0 Å². The molecule has 0 saturated carbocycles. The molecule has 0 fully saturated rings. The van der Waals surface area contributed by atoms with E-state index in [2.05, 4.69) is 51.4 Å². The fraction of sp³-hybridized carbons (Fsp3) is 0.429. The Morgan fingerprint density at radius 3 is 2.40 bits per heavy atom. The van der Waals surface area contributed by atoms with Crippen LogP contribution in [-0.2, 0) is 17.1 Å². The van der Waals surface area contributed by atoms with Crippen molar-refractivity contribution in [2.45, 2.75) is 41.0 Å². The molecule has 0 aromatic heterocycles. The molecule has 1 rings (SSSR count). The van der Waals surface area contributed by atoms with E-state index in [1.54, 1.807) is 9.74 Å². The maximum absolute atomic E-state index is 2.42. The Kier molecular flexibility index (Phi) is 4.73. The van der Waals surface area contributed by atoms with Crippen LogP contribution in [0, 0.1) is 0 Å². The molecule has 84 valence electrons. The van der Waals surface area contributed by atoms with Gasteiger partial charge in [-0.3, -0.25) is 0 Å². The molecule has 0 N–H and O–H groups in total. The van der Waals surface area contributed by atoms with Crippen molar-refractivity contribution >= 4 is 0 Å². The van der Waals surface area contributed by atoms with E-state index in [1.807, 2.05) is 0 Å². The number of allylic oxidation sites excluding steroid dienone is 7. The van der Waals surface area contributed by atoms with Gasteiger partial charge in [0.1, 0.15) is 0 Å². The van der Waals surface area contributed by atoms with Crippen LogP contribution in [0.25, 0.3) is 0 Å². The zero-order valence-electron chi connectivity index (χ0n) is 10.3. The number of hydrogen-bond acceptors (Lipinski definition) is 0. The van der Waals surface area contributed by atoms with Crippen LogP contribution in [0.1, 0.15) is 41.0 Å². The van der Waals surface area contributed by atoms with Crippen molar-refractivity contribution < 1.29 is 17.1 Å². The van der Waals surface area contributed by atoms with Crippen LogP contribution in [-0.4, -0.2) is 0 Å². The van der Waals surface area contributed by atoms with Gasteiger partial charge in [-0.1, -0.05) is 0 Å². The van der Waals surface area contributed by atoms with E-state index in [0.29, 0.717) is 0 Å². The Labute approximate surface area is 101 Å². The zero-order chi connectivity index (χ0) is 11.4. The molecule has 0 aliphatic heterocycles. The van der Waals surface area contributed by atoms with Crippen molar-refractivity contribution in [3.63, 3.8) is 0 Å². The summed E-state index contributed by atoms with van der Waals surface area (Å²) in [6.45, 7) is 11.0. The molecular formula is C14H20Ru. The van der Waals surface area contributed by atoms with Crippen molar-refractivity contribution in [1.82, 2.24) is 0 Å². The van der Waals surface area contributed by atoms with Crippen molar-refractivity contribution in [2.75, 3.05) is 0 Å². The number of rotatable bonds is 3. The van der Waals surface area contributed by atoms with Crippen molar-refractivity contribution in [3.8, 4) is 0 Å². The molecule has 0 heterocycles. The molecule has 0 spiro atoms. The molecule has 0 unspecified atom stereocenters. The van der Waals surface area contributed by atoms with Gasteiger partial charge in [0.05, 0.1) is 0 Å². The molecule has 1 aliphatic rings. The SMILES string of the molecule is CC(C)=CC(C)=[CH][Ru][C]1=C(C)CC=C1C. The van der Waals surface area contributed by atoms with Gasteiger partial charge in [-0.15, -0.1) is 0 Å². The molecule has 0 nitrogen and oxygen atoms in total. The van der Waals surface area contributed by atoms with E-state index < -0.39 is 0 Å². The third kappa shape index (κ3) is 3.91. The van der Waals surface area contributed by atoms with Gasteiger partial charge in [-0.2, -0.15) is 0 Å². The molecule has 0 amide bonds. The average Bonchev–Trinajstić information content (AvgIpc) is 2.42. The van der Waals surface area contributed by atoms with Gasteiger partial charge in [-0.25, -0.2) is 0 Å². The second-order valence-corrected chi connectivity index (χ2v) is 6.22. The van der Waals surface area contributed by atoms with E-state index in [0.717, 1.165) is 0 Å². The minimum absolute atomic E-state index is 0.258. The molecule has 0 saturated heterocycles. The Hall–Kier alpha value is -0.417. The summed E-state index contributed by atoms with van der Waals surface area (Å²) < 4.78 is 4.05. The minimum atomic E-state index is 0.258. The van der Waals surface area contributed by atoms with Crippen LogP contribution < -0.4 is 0 Å². The standard InChI is InChI=1S/C7H9.C7H11.Ru/c1-6-3-4-7(2)5-6;1-6(2)5-7(3)4;/h3H,4H2,1-2H3;1,5H,2-4H3;. The first kappa shape index (κ1) is 12.7. The molecule has 0 atom stereocenters. The molecule has 0 aromatic rings. The third-order valence-electron chi connectivity index (χ3n) is 2.25. The van der Waals surface area contributed by atoms with Crippen LogP contribution in [0.2, 0.25) is 0 Å². The summed E-state index contributed by atoms with van der Waals surface area (Å²) in [5, 5.41) is 0. The Bertz CT molecular complexity index is 361. The Morgan fingerprint density at radius 2 is 1.93 bits per heavy atom. The maximum atomic E-state index is 2.42. The predicted molar refractivity (Wildman–Crippen MR) is 64.3 cm³/mol. The van der Waals surface area contributed by atoms with Gasteiger partial charge < -0.3 is 0 Å². The van der Waals surface area contributed by atoms with Crippen LogP contribution in [0.4, 0.5) is 0 Å². The fourth-order valence-corrected chi connectivity index (χ4v) is 3.57. The summed E-state index contributed by atoms with van der Waals surface area (Å²) in [6.07, 6.45) is 5.79. The zero-order valence-corrected chi connectivity index (χ0v) is 12.0. The third-order valence-corrected chi connectivity index (χ3v) is 5.22. The summed E-state index contributed by atoms with van der Waals surface area (Å²) in [4.78, 5) is 0.